The zero-order valence-corrected chi connectivity index (χ0v) is 9.51. The van der Waals surface area contributed by atoms with Gasteiger partial charge in [0.25, 0.3) is 5.19 Å². The summed E-state index contributed by atoms with van der Waals surface area (Å²) >= 11 is 1.60. The molecule has 0 aliphatic heterocycles. The minimum atomic E-state index is 0.658. The zero-order valence-electron chi connectivity index (χ0n) is 8.69. The quantitative estimate of drug-likeness (QED) is 0.717. The molecule has 0 fully saturated rings. The Kier molecular flexibility index (Phi) is 4.86. The summed E-state index contributed by atoms with van der Waals surface area (Å²) in [4.78, 5) is 7.50. The normalized spacial score (nSPS) is 10.9. The maximum Gasteiger partial charge on any atom is 0.273 e. The molecule has 1 aromatic heterocycles. The molecule has 4 nitrogen and oxygen atoms in total. The highest BCUT2D eigenvalue weighted by molar-refractivity contribution is 7.13. The number of rotatable bonds is 6. The lowest BCUT2D eigenvalue weighted by Crippen LogP contribution is -2.09. The van der Waals surface area contributed by atoms with Crippen molar-refractivity contribution in [2.75, 3.05) is 27.2 Å². The lowest BCUT2D eigenvalue weighted by molar-refractivity contribution is 0.312. The van der Waals surface area contributed by atoms with Gasteiger partial charge in [-0.25, -0.2) is 4.98 Å². The van der Waals surface area contributed by atoms with Crippen LogP contribution in [0, 0.1) is 0 Å². The highest BCUT2D eigenvalue weighted by Crippen LogP contribution is 2.21. The van der Waals surface area contributed by atoms with Gasteiger partial charge >= 0.3 is 0 Å². The van der Waals surface area contributed by atoms with Crippen LogP contribution in [0.3, 0.4) is 0 Å². The molecule has 0 saturated heterocycles. The van der Waals surface area contributed by atoms with Crippen LogP contribution in [0.2, 0.25) is 0 Å². The van der Waals surface area contributed by atoms with E-state index in [-0.39, 0.29) is 0 Å². The number of hydrogen-bond acceptors (Lipinski definition) is 5. The lowest BCUT2D eigenvalue weighted by Gasteiger charge is -2.05. The maximum absolute atomic E-state index is 5.42. The molecule has 1 heterocycles. The summed E-state index contributed by atoms with van der Waals surface area (Å²) in [5.41, 5.74) is 5.36. The van der Waals surface area contributed by atoms with Gasteiger partial charge in [0.15, 0.2) is 0 Å². The smallest absolute Gasteiger partial charge is 0.273 e. The predicted molar refractivity (Wildman–Crippen MR) is 58.7 cm³/mol. The molecule has 0 bridgehead atoms. The summed E-state index contributed by atoms with van der Waals surface area (Å²) in [7, 11) is 4.07. The maximum atomic E-state index is 5.42. The van der Waals surface area contributed by atoms with Gasteiger partial charge in [-0.05, 0) is 27.1 Å². The van der Waals surface area contributed by atoms with Crippen molar-refractivity contribution in [3.63, 3.8) is 0 Å². The molecule has 14 heavy (non-hydrogen) atoms. The molecule has 0 aliphatic carbocycles. The first-order chi connectivity index (χ1) is 6.72. The van der Waals surface area contributed by atoms with Gasteiger partial charge in [0.1, 0.15) is 0 Å². The number of ether oxygens (including phenoxy) is 1. The Morgan fingerprint density at radius 1 is 1.57 bits per heavy atom. The van der Waals surface area contributed by atoms with Crippen molar-refractivity contribution in [2.45, 2.75) is 13.0 Å². The van der Waals surface area contributed by atoms with Crippen LogP contribution in [0.1, 0.15) is 11.3 Å². The first-order valence-corrected chi connectivity index (χ1v) is 5.46. The molecule has 0 aliphatic rings. The van der Waals surface area contributed by atoms with Crippen LogP contribution < -0.4 is 10.5 Å². The second kappa shape index (κ2) is 5.95. The summed E-state index contributed by atoms with van der Waals surface area (Å²) in [5, 5.41) is 0.746. The van der Waals surface area contributed by atoms with Crippen LogP contribution in [-0.2, 0) is 6.54 Å². The molecule has 1 rings (SSSR count). The van der Waals surface area contributed by atoms with E-state index >= 15 is 0 Å². The molecule has 80 valence electrons. The minimum absolute atomic E-state index is 0.658. The molecule has 2 N–H and O–H groups in total. The second-order valence-electron chi connectivity index (χ2n) is 3.32. The van der Waals surface area contributed by atoms with Crippen molar-refractivity contribution in [3.8, 4) is 5.19 Å². The Bertz CT molecular complexity index is 262. The average molecular weight is 215 g/mol. The minimum Gasteiger partial charge on any atom is -0.470 e. The summed E-state index contributed by atoms with van der Waals surface area (Å²) in [6.45, 7) is 2.24. The monoisotopic (exact) mass is 215 g/mol. The third-order valence-electron chi connectivity index (χ3n) is 1.58. The zero-order chi connectivity index (χ0) is 10.4. The van der Waals surface area contributed by atoms with E-state index in [1.807, 2.05) is 20.3 Å². The fourth-order valence-corrected chi connectivity index (χ4v) is 1.88. The van der Waals surface area contributed by atoms with E-state index in [0.717, 1.165) is 18.2 Å². The molecule has 0 aromatic carbocycles. The SMILES string of the molecule is CN(C)Cc1cnc(OCCCN)s1. The molecule has 0 spiro atoms. The van der Waals surface area contributed by atoms with Crippen molar-refractivity contribution in [1.29, 1.82) is 0 Å². The van der Waals surface area contributed by atoms with Crippen LogP contribution in [-0.4, -0.2) is 37.1 Å². The van der Waals surface area contributed by atoms with E-state index in [4.69, 9.17) is 10.5 Å². The standard InChI is InChI=1S/C9H17N3OS/c1-12(2)7-8-6-11-9(14-8)13-5-3-4-10/h6H,3-5,7,10H2,1-2H3. The Hall–Kier alpha value is -0.650. The van der Waals surface area contributed by atoms with Gasteiger partial charge in [0.2, 0.25) is 0 Å². The van der Waals surface area contributed by atoms with Gasteiger partial charge in [-0.15, -0.1) is 0 Å². The lowest BCUT2D eigenvalue weighted by atomic mass is 10.5. The molecule has 0 saturated carbocycles. The number of nitrogens with zero attached hydrogens (tertiary/aromatic N) is 2. The van der Waals surface area contributed by atoms with Crippen LogP contribution >= 0.6 is 11.3 Å². The topological polar surface area (TPSA) is 51.4 Å². The van der Waals surface area contributed by atoms with Crippen molar-refractivity contribution in [3.05, 3.63) is 11.1 Å². The van der Waals surface area contributed by atoms with E-state index in [0.29, 0.717) is 13.2 Å². The second-order valence-corrected chi connectivity index (χ2v) is 4.40. The Labute approximate surface area is 88.7 Å². The van der Waals surface area contributed by atoms with Crippen LogP contribution in [0.4, 0.5) is 0 Å². The molecule has 0 atom stereocenters. The summed E-state index contributed by atoms with van der Waals surface area (Å²) < 4.78 is 5.42. The summed E-state index contributed by atoms with van der Waals surface area (Å²) in [6, 6.07) is 0. The summed E-state index contributed by atoms with van der Waals surface area (Å²) in [6.07, 6.45) is 2.74. The fraction of sp³-hybridized carbons (Fsp3) is 0.667. The molecule has 0 radical (unpaired) electrons. The Morgan fingerprint density at radius 3 is 3.00 bits per heavy atom. The van der Waals surface area contributed by atoms with Gasteiger partial charge in [0.05, 0.1) is 6.61 Å². The highest BCUT2D eigenvalue weighted by atomic mass is 32.1. The fourth-order valence-electron chi connectivity index (χ4n) is 0.984. The van der Waals surface area contributed by atoms with E-state index in [1.165, 1.54) is 4.88 Å². The van der Waals surface area contributed by atoms with Gasteiger partial charge in [-0.2, -0.15) is 0 Å². The van der Waals surface area contributed by atoms with Crippen molar-refractivity contribution in [1.82, 2.24) is 9.88 Å². The molecule has 0 unspecified atom stereocenters. The molecule has 1 aromatic rings. The first kappa shape index (κ1) is 11.4. The molecular formula is C9H17N3OS. The largest absolute Gasteiger partial charge is 0.470 e. The van der Waals surface area contributed by atoms with Crippen LogP contribution in [0.5, 0.6) is 5.19 Å². The van der Waals surface area contributed by atoms with E-state index in [1.54, 1.807) is 11.3 Å². The number of hydrogen-bond donors (Lipinski definition) is 1. The van der Waals surface area contributed by atoms with Gasteiger partial charge < -0.3 is 15.4 Å². The van der Waals surface area contributed by atoms with Gasteiger partial charge in [-0.1, -0.05) is 11.3 Å². The van der Waals surface area contributed by atoms with Crippen molar-refractivity contribution in [2.24, 2.45) is 5.73 Å². The van der Waals surface area contributed by atoms with Crippen molar-refractivity contribution >= 4 is 11.3 Å². The molecule has 5 heteroatoms. The number of thiazole rings is 1. The van der Waals surface area contributed by atoms with E-state index in [2.05, 4.69) is 9.88 Å². The first-order valence-electron chi connectivity index (χ1n) is 4.64. The van der Waals surface area contributed by atoms with Crippen LogP contribution in [0.25, 0.3) is 0 Å². The van der Waals surface area contributed by atoms with E-state index < -0.39 is 0 Å². The number of nitrogens with two attached hydrogens (primary N) is 1. The van der Waals surface area contributed by atoms with E-state index in [9.17, 15) is 0 Å². The van der Waals surface area contributed by atoms with Gasteiger partial charge in [0, 0.05) is 17.6 Å². The molecule has 0 amide bonds. The number of aromatic nitrogens is 1. The Balaban J connectivity index is 2.35. The Morgan fingerprint density at radius 2 is 2.36 bits per heavy atom. The summed E-state index contributed by atoms with van der Waals surface area (Å²) in [5.74, 6) is 0. The van der Waals surface area contributed by atoms with Crippen molar-refractivity contribution < 1.29 is 4.74 Å². The average Bonchev–Trinajstić information content (AvgIpc) is 2.52. The third-order valence-corrected chi connectivity index (χ3v) is 2.47. The molecular weight excluding hydrogens is 198 g/mol. The predicted octanol–water partition coefficient (Wildman–Crippen LogP) is 0.932. The van der Waals surface area contributed by atoms with Gasteiger partial charge in [-0.3, -0.25) is 0 Å². The van der Waals surface area contributed by atoms with Crippen LogP contribution in [0.15, 0.2) is 6.20 Å². The highest BCUT2D eigenvalue weighted by Gasteiger charge is 2.03. The third kappa shape index (κ3) is 4.04.